The van der Waals surface area contributed by atoms with Crippen molar-refractivity contribution in [3.63, 3.8) is 0 Å². The molecule has 3 nitrogen and oxygen atoms in total. The van der Waals surface area contributed by atoms with Gasteiger partial charge in [-0.15, -0.1) is 0 Å². The number of hydrogen-bond donors (Lipinski definition) is 1. The molecular weight excluding hydrogens is 253 g/mol. The fourth-order valence-corrected chi connectivity index (χ4v) is 2.97. The largest absolute Gasteiger partial charge is 0.314 e. The summed E-state index contributed by atoms with van der Waals surface area (Å²) in [6.45, 7) is 7.02. The molecule has 0 aliphatic carbocycles. The monoisotopic (exact) mass is 281 g/mol. The first kappa shape index (κ1) is 15.5. The minimum atomic E-state index is -1.18. The van der Waals surface area contributed by atoms with Crippen LogP contribution in [0.4, 0.5) is 4.39 Å². The Hall–Kier alpha value is -0.900. The molecule has 0 aromatic carbocycles. The Labute approximate surface area is 121 Å². The fourth-order valence-electron chi connectivity index (χ4n) is 2.97. The Morgan fingerprint density at radius 2 is 2.35 bits per heavy atom. The molecule has 114 valence electrons. The summed E-state index contributed by atoms with van der Waals surface area (Å²) in [5.74, 6) is 0. The summed E-state index contributed by atoms with van der Waals surface area (Å²) in [5.41, 5.74) is -0.310. The quantitative estimate of drug-likeness (QED) is 0.862. The maximum Gasteiger partial charge on any atom is 0.115 e. The molecule has 3 atom stereocenters. The summed E-state index contributed by atoms with van der Waals surface area (Å²) in [6.07, 6.45) is 7.55. The van der Waals surface area contributed by atoms with E-state index in [1.165, 1.54) is 12.8 Å². The fraction of sp³-hybridized carbons (Fsp3) is 0.812. The second-order valence-electron chi connectivity index (χ2n) is 6.49. The molecule has 1 saturated heterocycles. The van der Waals surface area contributed by atoms with Crippen LogP contribution < -0.4 is 5.32 Å². The first-order chi connectivity index (χ1) is 9.50. The lowest BCUT2D eigenvalue weighted by molar-refractivity contribution is 0.144. The Morgan fingerprint density at radius 3 is 3.00 bits per heavy atom. The highest BCUT2D eigenvalue weighted by atomic mass is 19.1. The predicted molar refractivity (Wildman–Crippen MR) is 80.7 cm³/mol. The van der Waals surface area contributed by atoms with Gasteiger partial charge in [-0.1, -0.05) is 13.3 Å². The van der Waals surface area contributed by atoms with Crippen molar-refractivity contribution < 1.29 is 4.39 Å². The third-order valence-electron chi connectivity index (χ3n) is 4.34. The van der Waals surface area contributed by atoms with Crippen molar-refractivity contribution in [2.75, 3.05) is 6.54 Å². The van der Waals surface area contributed by atoms with E-state index in [0.29, 0.717) is 24.9 Å². The summed E-state index contributed by atoms with van der Waals surface area (Å²) >= 11 is 0. The van der Waals surface area contributed by atoms with Crippen LogP contribution in [-0.2, 0) is 6.42 Å². The third kappa shape index (κ3) is 4.30. The second-order valence-corrected chi connectivity index (χ2v) is 6.49. The van der Waals surface area contributed by atoms with Crippen molar-refractivity contribution in [1.82, 2.24) is 15.1 Å². The van der Waals surface area contributed by atoms with Crippen molar-refractivity contribution in [3.8, 4) is 0 Å². The van der Waals surface area contributed by atoms with E-state index in [1.807, 2.05) is 16.9 Å². The molecule has 20 heavy (non-hydrogen) atoms. The van der Waals surface area contributed by atoms with E-state index < -0.39 is 5.67 Å². The average molecular weight is 281 g/mol. The molecule has 2 rings (SSSR count). The van der Waals surface area contributed by atoms with Gasteiger partial charge in [0.25, 0.3) is 0 Å². The number of alkyl halides is 1. The van der Waals surface area contributed by atoms with Gasteiger partial charge in [-0.3, -0.25) is 4.68 Å². The molecule has 1 aromatic heterocycles. The smallest absolute Gasteiger partial charge is 0.115 e. The molecule has 0 amide bonds. The van der Waals surface area contributed by atoms with Crippen molar-refractivity contribution in [2.24, 2.45) is 0 Å². The number of halogens is 1. The maximum atomic E-state index is 14.8. The van der Waals surface area contributed by atoms with Crippen molar-refractivity contribution in [1.29, 1.82) is 0 Å². The number of hydrogen-bond acceptors (Lipinski definition) is 2. The van der Waals surface area contributed by atoms with Gasteiger partial charge >= 0.3 is 0 Å². The normalized spacial score (nSPS) is 24.3. The zero-order chi connectivity index (χ0) is 14.6. The summed E-state index contributed by atoms with van der Waals surface area (Å²) in [7, 11) is 0. The molecule has 2 heterocycles. The molecule has 0 spiro atoms. The van der Waals surface area contributed by atoms with Gasteiger partial charge < -0.3 is 5.32 Å². The van der Waals surface area contributed by atoms with Crippen LogP contribution in [0.25, 0.3) is 0 Å². The first-order valence-corrected chi connectivity index (χ1v) is 7.96. The Morgan fingerprint density at radius 1 is 1.55 bits per heavy atom. The van der Waals surface area contributed by atoms with Gasteiger partial charge in [0.15, 0.2) is 0 Å². The van der Waals surface area contributed by atoms with Crippen LogP contribution in [0.1, 0.15) is 64.6 Å². The Balaban J connectivity index is 1.91. The number of piperidine rings is 1. The standard InChI is InChI=1S/C16H28FN3/c1-4-13(2)20-10-8-15(19-20)12-16(3,17)11-14-7-5-6-9-18-14/h8,10,13-14,18H,4-7,9,11-12H2,1-3H3. The van der Waals surface area contributed by atoms with Gasteiger partial charge in [0.05, 0.1) is 5.69 Å². The van der Waals surface area contributed by atoms with Gasteiger partial charge in [-0.2, -0.15) is 5.10 Å². The van der Waals surface area contributed by atoms with Crippen LogP contribution in [0, 0.1) is 0 Å². The van der Waals surface area contributed by atoms with Crippen LogP contribution in [-0.4, -0.2) is 28.0 Å². The lowest BCUT2D eigenvalue weighted by Gasteiger charge is -2.29. The van der Waals surface area contributed by atoms with Crippen LogP contribution in [0.15, 0.2) is 12.3 Å². The summed E-state index contributed by atoms with van der Waals surface area (Å²) < 4.78 is 16.7. The molecule has 4 heteroatoms. The first-order valence-electron chi connectivity index (χ1n) is 7.96. The molecule has 1 fully saturated rings. The number of aromatic nitrogens is 2. The number of rotatable bonds is 6. The van der Waals surface area contributed by atoms with E-state index in [1.54, 1.807) is 6.92 Å². The highest BCUT2D eigenvalue weighted by Crippen LogP contribution is 2.26. The number of nitrogens with one attached hydrogen (secondary N) is 1. The average Bonchev–Trinajstić information content (AvgIpc) is 2.86. The maximum absolute atomic E-state index is 14.8. The van der Waals surface area contributed by atoms with Crippen molar-refractivity contribution in [3.05, 3.63) is 18.0 Å². The Kier molecular flexibility index (Phi) is 5.19. The summed E-state index contributed by atoms with van der Waals surface area (Å²) in [5, 5.41) is 7.94. The molecule has 0 radical (unpaired) electrons. The van der Waals surface area contributed by atoms with E-state index >= 15 is 0 Å². The molecular formula is C16H28FN3. The van der Waals surface area contributed by atoms with Gasteiger partial charge in [-0.05, 0) is 52.1 Å². The van der Waals surface area contributed by atoms with Gasteiger partial charge in [-0.25, -0.2) is 4.39 Å². The summed E-state index contributed by atoms with van der Waals surface area (Å²) in [4.78, 5) is 0. The van der Waals surface area contributed by atoms with E-state index in [2.05, 4.69) is 24.3 Å². The molecule has 3 unspecified atom stereocenters. The van der Waals surface area contributed by atoms with Crippen LogP contribution >= 0.6 is 0 Å². The van der Waals surface area contributed by atoms with Crippen molar-refractivity contribution >= 4 is 0 Å². The van der Waals surface area contributed by atoms with E-state index in [-0.39, 0.29) is 0 Å². The second kappa shape index (κ2) is 6.70. The topological polar surface area (TPSA) is 29.9 Å². The number of nitrogens with zero attached hydrogens (tertiary/aromatic N) is 2. The van der Waals surface area contributed by atoms with E-state index in [9.17, 15) is 4.39 Å². The van der Waals surface area contributed by atoms with Crippen LogP contribution in [0.2, 0.25) is 0 Å². The zero-order valence-electron chi connectivity index (χ0n) is 13.0. The van der Waals surface area contributed by atoms with Gasteiger partial charge in [0.1, 0.15) is 5.67 Å². The summed E-state index contributed by atoms with van der Waals surface area (Å²) in [6, 6.07) is 2.67. The predicted octanol–water partition coefficient (Wildman–Crippen LogP) is 3.66. The van der Waals surface area contributed by atoms with Crippen LogP contribution in [0.3, 0.4) is 0 Å². The minimum absolute atomic E-state index is 0.329. The van der Waals surface area contributed by atoms with E-state index in [4.69, 9.17) is 0 Å². The highest BCUT2D eigenvalue weighted by Gasteiger charge is 2.29. The van der Waals surface area contributed by atoms with Crippen molar-refractivity contribution in [2.45, 2.75) is 77.0 Å². The lowest BCUT2D eigenvalue weighted by Crippen LogP contribution is -2.40. The molecule has 1 aliphatic rings. The highest BCUT2D eigenvalue weighted by molar-refractivity contribution is 5.04. The van der Waals surface area contributed by atoms with Crippen LogP contribution in [0.5, 0.6) is 0 Å². The molecule has 1 aliphatic heterocycles. The van der Waals surface area contributed by atoms with E-state index in [0.717, 1.165) is 25.1 Å². The molecule has 1 N–H and O–H groups in total. The molecule has 1 aromatic rings. The lowest BCUT2D eigenvalue weighted by atomic mass is 9.90. The third-order valence-corrected chi connectivity index (χ3v) is 4.34. The SMILES string of the molecule is CCC(C)n1ccc(CC(C)(F)CC2CCCCN2)n1. The van der Waals surface area contributed by atoms with Gasteiger partial charge in [0.2, 0.25) is 0 Å². The minimum Gasteiger partial charge on any atom is -0.314 e. The van der Waals surface area contributed by atoms with Gasteiger partial charge in [0, 0.05) is 24.7 Å². The Bertz CT molecular complexity index is 408. The molecule has 0 saturated carbocycles. The molecule has 0 bridgehead atoms. The zero-order valence-corrected chi connectivity index (χ0v) is 13.0.